The van der Waals surface area contributed by atoms with Crippen molar-refractivity contribution in [3.63, 3.8) is 0 Å². The molecule has 102 valence electrons. The Hall–Kier alpha value is -1.46. The summed E-state index contributed by atoms with van der Waals surface area (Å²) in [6.45, 7) is 1.80. The lowest BCUT2D eigenvalue weighted by atomic mass is 9.99. The van der Waals surface area contributed by atoms with Gasteiger partial charge in [-0.3, -0.25) is 4.68 Å². The quantitative estimate of drug-likeness (QED) is 0.942. The lowest BCUT2D eigenvalue weighted by molar-refractivity contribution is 0.488. The second-order valence-electron chi connectivity index (χ2n) is 4.43. The molecular formula is C13H14ClF2N3. The molecule has 0 saturated carbocycles. The molecule has 3 nitrogen and oxygen atoms in total. The van der Waals surface area contributed by atoms with Crippen LogP contribution in [-0.2, 0) is 13.5 Å². The molecule has 0 spiro atoms. The van der Waals surface area contributed by atoms with Gasteiger partial charge in [0.2, 0.25) is 0 Å². The predicted molar refractivity (Wildman–Crippen MR) is 69.9 cm³/mol. The number of aromatic nitrogens is 2. The Bertz CT molecular complexity index is 610. The maximum Gasteiger partial charge on any atom is 0.163 e. The number of halogens is 3. The lowest BCUT2D eigenvalue weighted by Crippen LogP contribution is -2.16. The minimum absolute atomic E-state index is 0.138. The Morgan fingerprint density at radius 3 is 2.68 bits per heavy atom. The maximum absolute atomic E-state index is 13.7. The molecule has 19 heavy (non-hydrogen) atoms. The normalized spacial score (nSPS) is 12.7. The maximum atomic E-state index is 13.7. The Morgan fingerprint density at radius 1 is 1.42 bits per heavy atom. The molecule has 1 atom stereocenters. The van der Waals surface area contributed by atoms with E-state index in [4.69, 9.17) is 17.3 Å². The van der Waals surface area contributed by atoms with Crippen LogP contribution in [0.2, 0.25) is 5.15 Å². The van der Waals surface area contributed by atoms with Gasteiger partial charge in [-0.25, -0.2) is 8.78 Å². The SMILES string of the molecule is Cc1nn(C)c(Cl)c1CC(N)c1cccc(F)c1F. The predicted octanol–water partition coefficient (Wildman–Crippen LogP) is 2.90. The van der Waals surface area contributed by atoms with Crippen molar-refractivity contribution in [2.45, 2.75) is 19.4 Å². The summed E-state index contributed by atoms with van der Waals surface area (Å²) in [5, 5.41) is 4.62. The first kappa shape index (κ1) is 14.0. The molecule has 2 rings (SSSR count). The molecule has 1 aromatic carbocycles. The number of benzene rings is 1. The first-order valence-electron chi connectivity index (χ1n) is 5.79. The zero-order valence-electron chi connectivity index (χ0n) is 10.6. The Labute approximate surface area is 115 Å². The fraction of sp³-hybridized carbons (Fsp3) is 0.308. The number of hydrogen-bond donors (Lipinski definition) is 1. The molecule has 6 heteroatoms. The van der Waals surface area contributed by atoms with E-state index in [0.29, 0.717) is 11.6 Å². The van der Waals surface area contributed by atoms with Crippen molar-refractivity contribution in [2.24, 2.45) is 12.8 Å². The van der Waals surface area contributed by atoms with Gasteiger partial charge in [-0.15, -0.1) is 0 Å². The minimum atomic E-state index is -0.910. The lowest BCUT2D eigenvalue weighted by Gasteiger charge is -2.13. The van der Waals surface area contributed by atoms with Crippen LogP contribution in [0.3, 0.4) is 0 Å². The zero-order chi connectivity index (χ0) is 14.2. The van der Waals surface area contributed by atoms with Crippen LogP contribution in [0.1, 0.15) is 22.9 Å². The van der Waals surface area contributed by atoms with Gasteiger partial charge in [-0.05, 0) is 19.4 Å². The number of rotatable bonds is 3. The summed E-state index contributed by atoms with van der Waals surface area (Å²) in [5.41, 5.74) is 7.57. The summed E-state index contributed by atoms with van der Waals surface area (Å²) in [6, 6.07) is 3.30. The molecule has 1 heterocycles. The molecule has 1 aromatic heterocycles. The van der Waals surface area contributed by atoms with Crippen molar-refractivity contribution < 1.29 is 8.78 Å². The molecule has 0 amide bonds. The van der Waals surface area contributed by atoms with Crippen molar-refractivity contribution in [3.05, 3.63) is 51.8 Å². The number of aryl methyl sites for hydroxylation is 2. The first-order valence-corrected chi connectivity index (χ1v) is 6.17. The largest absolute Gasteiger partial charge is 0.324 e. The number of hydrogen-bond acceptors (Lipinski definition) is 2. The molecule has 2 N–H and O–H groups in total. The van der Waals surface area contributed by atoms with E-state index in [1.165, 1.54) is 16.8 Å². The van der Waals surface area contributed by atoms with Gasteiger partial charge < -0.3 is 5.73 Å². The first-order chi connectivity index (χ1) is 8.91. The van der Waals surface area contributed by atoms with E-state index in [1.54, 1.807) is 14.0 Å². The van der Waals surface area contributed by atoms with Crippen LogP contribution in [-0.4, -0.2) is 9.78 Å². The topological polar surface area (TPSA) is 43.8 Å². The van der Waals surface area contributed by atoms with Crippen LogP contribution in [0.5, 0.6) is 0 Å². The van der Waals surface area contributed by atoms with E-state index in [2.05, 4.69) is 5.10 Å². The molecular weight excluding hydrogens is 272 g/mol. The number of nitrogens with two attached hydrogens (primary N) is 1. The van der Waals surface area contributed by atoms with Gasteiger partial charge in [0.15, 0.2) is 11.6 Å². The second kappa shape index (κ2) is 5.27. The van der Waals surface area contributed by atoms with E-state index >= 15 is 0 Å². The van der Waals surface area contributed by atoms with Crippen LogP contribution in [0.25, 0.3) is 0 Å². The monoisotopic (exact) mass is 285 g/mol. The summed E-state index contributed by atoms with van der Waals surface area (Å²) in [7, 11) is 1.72. The van der Waals surface area contributed by atoms with Crippen LogP contribution in [0.4, 0.5) is 8.78 Å². The molecule has 2 aromatic rings. The molecule has 0 bridgehead atoms. The fourth-order valence-corrected chi connectivity index (χ4v) is 2.29. The molecule has 1 unspecified atom stereocenters. The van der Waals surface area contributed by atoms with Gasteiger partial charge >= 0.3 is 0 Å². The van der Waals surface area contributed by atoms with E-state index < -0.39 is 17.7 Å². The van der Waals surface area contributed by atoms with E-state index in [0.717, 1.165) is 17.3 Å². The molecule has 0 aliphatic rings. The van der Waals surface area contributed by atoms with Gasteiger partial charge in [-0.2, -0.15) is 5.10 Å². The van der Waals surface area contributed by atoms with Gasteiger partial charge in [0.1, 0.15) is 5.15 Å². The second-order valence-corrected chi connectivity index (χ2v) is 4.79. The van der Waals surface area contributed by atoms with Crippen molar-refractivity contribution in [2.75, 3.05) is 0 Å². The molecule has 0 aliphatic carbocycles. The van der Waals surface area contributed by atoms with Gasteiger partial charge in [0, 0.05) is 24.2 Å². The third-order valence-corrected chi connectivity index (χ3v) is 3.55. The van der Waals surface area contributed by atoms with Crippen LogP contribution < -0.4 is 5.73 Å². The molecule has 0 radical (unpaired) electrons. The minimum Gasteiger partial charge on any atom is -0.324 e. The third-order valence-electron chi connectivity index (χ3n) is 3.07. The highest BCUT2D eigenvalue weighted by molar-refractivity contribution is 6.30. The average molecular weight is 286 g/mol. The van der Waals surface area contributed by atoms with Crippen LogP contribution in [0, 0.1) is 18.6 Å². The highest BCUT2D eigenvalue weighted by Crippen LogP contribution is 2.26. The highest BCUT2D eigenvalue weighted by atomic mass is 35.5. The summed E-state index contributed by atoms with van der Waals surface area (Å²) in [5.74, 6) is -1.81. The van der Waals surface area contributed by atoms with Crippen molar-refractivity contribution in [1.82, 2.24) is 9.78 Å². The van der Waals surface area contributed by atoms with E-state index in [9.17, 15) is 8.78 Å². The highest BCUT2D eigenvalue weighted by Gasteiger charge is 2.19. The summed E-state index contributed by atoms with van der Waals surface area (Å²) in [6.07, 6.45) is 0.304. The Balaban J connectivity index is 2.31. The van der Waals surface area contributed by atoms with Crippen molar-refractivity contribution >= 4 is 11.6 Å². The van der Waals surface area contributed by atoms with Crippen molar-refractivity contribution in [3.8, 4) is 0 Å². The van der Waals surface area contributed by atoms with Gasteiger partial charge in [0.25, 0.3) is 0 Å². The summed E-state index contributed by atoms with van der Waals surface area (Å²) >= 11 is 6.09. The Kier molecular flexibility index (Phi) is 3.87. The molecule has 0 saturated heterocycles. The van der Waals surface area contributed by atoms with Crippen molar-refractivity contribution in [1.29, 1.82) is 0 Å². The van der Waals surface area contributed by atoms with Crippen LogP contribution in [0.15, 0.2) is 18.2 Å². The Morgan fingerprint density at radius 2 is 2.11 bits per heavy atom. The third kappa shape index (κ3) is 2.62. The zero-order valence-corrected chi connectivity index (χ0v) is 11.4. The number of nitrogens with zero attached hydrogens (tertiary/aromatic N) is 2. The van der Waals surface area contributed by atoms with Gasteiger partial charge in [0.05, 0.1) is 5.69 Å². The van der Waals surface area contributed by atoms with E-state index in [1.807, 2.05) is 0 Å². The summed E-state index contributed by atoms with van der Waals surface area (Å²) < 4.78 is 28.3. The average Bonchev–Trinajstić information content (AvgIpc) is 2.59. The van der Waals surface area contributed by atoms with Crippen LogP contribution >= 0.6 is 11.6 Å². The van der Waals surface area contributed by atoms with E-state index in [-0.39, 0.29) is 5.56 Å². The summed E-state index contributed by atoms with van der Waals surface area (Å²) in [4.78, 5) is 0. The molecule has 0 fully saturated rings. The smallest absolute Gasteiger partial charge is 0.163 e. The standard InChI is InChI=1S/C13H14ClF2N3/c1-7-9(13(14)19(2)18-7)6-11(17)8-4-3-5-10(15)12(8)16/h3-5,11H,6,17H2,1-2H3. The molecule has 0 aliphatic heterocycles. The fourth-order valence-electron chi connectivity index (χ4n) is 2.04. The van der Waals surface area contributed by atoms with Gasteiger partial charge in [-0.1, -0.05) is 23.7 Å².